The number of hydrogen-bond donors (Lipinski definition) is 4. The van der Waals surface area contributed by atoms with Crippen LogP contribution in [0.1, 0.15) is 124 Å². The molecule has 4 aromatic carbocycles. The highest BCUT2D eigenvalue weighted by Gasteiger charge is 2.46. The van der Waals surface area contributed by atoms with Gasteiger partial charge in [-0.25, -0.2) is 26.8 Å². The molecule has 26 heteroatoms. The van der Waals surface area contributed by atoms with E-state index in [9.17, 15) is 54.2 Å². The fourth-order valence-corrected chi connectivity index (χ4v) is 13.3. The number of aliphatic hydroxyl groups is 2. The van der Waals surface area contributed by atoms with Gasteiger partial charge in [0.2, 0.25) is 0 Å². The first-order valence-electron chi connectivity index (χ1n) is 27.2. The van der Waals surface area contributed by atoms with Crippen LogP contribution in [-0.2, 0) is 32.8 Å². The first-order valence-corrected chi connectivity index (χ1v) is 30.5. The fourth-order valence-electron chi connectivity index (χ4n) is 11.1. The van der Waals surface area contributed by atoms with Crippen molar-refractivity contribution in [2.24, 2.45) is 5.92 Å². The van der Waals surface area contributed by atoms with Gasteiger partial charge in [0.1, 0.15) is 11.6 Å². The van der Waals surface area contributed by atoms with Gasteiger partial charge in [0.25, 0.3) is 11.8 Å². The maximum absolute atomic E-state index is 14.3. The summed E-state index contributed by atoms with van der Waals surface area (Å²) in [5, 5.41) is 26.1. The molecule has 2 atom stereocenters. The normalized spacial score (nSPS) is 18.5. The van der Waals surface area contributed by atoms with Crippen LogP contribution in [0.5, 0.6) is 23.0 Å². The van der Waals surface area contributed by atoms with Gasteiger partial charge in [-0.2, -0.15) is 0 Å². The maximum Gasteiger partial charge on any atom is 0.586 e. The Kier molecular flexibility index (Phi) is 14.6. The summed E-state index contributed by atoms with van der Waals surface area (Å²) in [5.74, 6) is -0.710. The number of halogens is 4. The minimum absolute atomic E-state index is 0.00153. The zero-order chi connectivity index (χ0) is 58.9. The van der Waals surface area contributed by atoms with E-state index in [-0.39, 0.29) is 104 Å². The molecule has 438 valence electrons. The van der Waals surface area contributed by atoms with Crippen LogP contribution in [0.25, 0.3) is 22.1 Å². The van der Waals surface area contributed by atoms with Gasteiger partial charge in [0.15, 0.2) is 42.7 Å². The van der Waals surface area contributed by atoms with Gasteiger partial charge in [-0.15, -0.1) is 17.6 Å². The number of rotatable bonds is 20. The molecule has 4 aromatic heterocycles. The molecule has 2 aliphatic heterocycles. The van der Waals surface area contributed by atoms with E-state index in [1.54, 1.807) is 60.7 Å². The smallest absolute Gasteiger partial charge is 0.395 e. The van der Waals surface area contributed by atoms with Gasteiger partial charge in [-0.05, 0) is 111 Å². The molecule has 4 N–H and O–H groups in total. The van der Waals surface area contributed by atoms with Crippen molar-refractivity contribution < 1.29 is 73.1 Å². The van der Waals surface area contributed by atoms with Crippen molar-refractivity contribution in [2.45, 2.75) is 105 Å². The van der Waals surface area contributed by atoms with Crippen LogP contribution >= 0.6 is 0 Å². The van der Waals surface area contributed by atoms with Gasteiger partial charge in [-0.3, -0.25) is 19.6 Å². The molecule has 8 aromatic rings. The summed E-state index contributed by atoms with van der Waals surface area (Å²) in [6.07, 6.45) is -1.19. The second kappa shape index (κ2) is 21.8. The van der Waals surface area contributed by atoms with Crippen molar-refractivity contribution >= 4 is 53.6 Å². The molecular formula is C58H54F4N8O12S2. The van der Waals surface area contributed by atoms with Crippen molar-refractivity contribution in [3.8, 4) is 23.0 Å². The number of amides is 2. The summed E-state index contributed by atoms with van der Waals surface area (Å²) in [6, 6.07) is 22.5. The molecule has 0 bridgehead atoms. The molecule has 2 saturated carbocycles. The first kappa shape index (κ1) is 56.3. The lowest BCUT2D eigenvalue weighted by atomic mass is 9.73. The number of aromatic nitrogens is 6. The van der Waals surface area contributed by atoms with E-state index < -0.39 is 69.4 Å². The third-order valence-corrected chi connectivity index (χ3v) is 19.4. The predicted molar refractivity (Wildman–Crippen MR) is 292 cm³/mol. The molecule has 6 heterocycles. The Labute approximate surface area is 477 Å². The number of carbonyl (C=O) groups is 2. The highest BCUT2D eigenvalue weighted by Crippen LogP contribution is 2.48. The van der Waals surface area contributed by atoms with Crippen molar-refractivity contribution in [3.05, 3.63) is 155 Å². The van der Waals surface area contributed by atoms with E-state index >= 15 is 0 Å². The number of aliphatic hydroxyl groups excluding tert-OH is 2. The van der Waals surface area contributed by atoms with Crippen molar-refractivity contribution in [1.29, 1.82) is 0 Å². The van der Waals surface area contributed by atoms with Gasteiger partial charge in [-0.1, -0.05) is 37.6 Å². The Morgan fingerprint density at radius 3 is 1.55 bits per heavy atom. The number of hydrogen-bond acceptors (Lipinski definition) is 16. The van der Waals surface area contributed by atoms with Gasteiger partial charge >= 0.3 is 12.6 Å². The number of pyridine rings is 2. The van der Waals surface area contributed by atoms with Crippen LogP contribution in [0.15, 0.2) is 119 Å². The maximum atomic E-state index is 14.3. The molecule has 84 heavy (non-hydrogen) atoms. The zero-order valence-corrected chi connectivity index (χ0v) is 46.4. The largest absolute Gasteiger partial charge is 0.586 e. The third kappa shape index (κ3) is 11.0. The first-order chi connectivity index (χ1) is 40.2. The van der Waals surface area contributed by atoms with E-state index in [0.29, 0.717) is 51.9 Å². The van der Waals surface area contributed by atoms with Gasteiger partial charge in [0.05, 0.1) is 93.1 Å². The van der Waals surface area contributed by atoms with E-state index in [2.05, 4.69) is 25.3 Å². The summed E-state index contributed by atoms with van der Waals surface area (Å²) < 4.78 is 132. The number of carbonyl (C=O) groups excluding carboxylic acids is 2. The van der Waals surface area contributed by atoms with Gasteiger partial charge in [0, 0.05) is 46.5 Å². The highest BCUT2D eigenvalue weighted by molar-refractivity contribution is 7.91. The molecule has 20 nitrogen and oxygen atoms in total. The molecule has 2 amide bonds. The summed E-state index contributed by atoms with van der Waals surface area (Å²) in [4.78, 5) is 45.7. The number of sulfone groups is 2. The molecule has 2 aliphatic carbocycles. The molecule has 0 unspecified atom stereocenters. The minimum atomic E-state index is -3.88. The molecule has 0 spiro atoms. The van der Waals surface area contributed by atoms with E-state index in [0.717, 1.165) is 25.1 Å². The number of ether oxygens (including phenoxy) is 4. The van der Waals surface area contributed by atoms with E-state index in [1.165, 1.54) is 55.7 Å². The summed E-state index contributed by atoms with van der Waals surface area (Å²) in [7, 11) is -7.41. The number of imidazole rings is 2. The van der Waals surface area contributed by atoms with Crippen molar-refractivity contribution in [2.75, 3.05) is 24.7 Å². The second-order valence-corrected chi connectivity index (χ2v) is 25.7. The minimum Gasteiger partial charge on any atom is -0.395 e. The number of nitrogens with zero attached hydrogens (tertiary/aromatic N) is 6. The number of alkyl halides is 4. The van der Waals surface area contributed by atoms with Crippen LogP contribution in [0.3, 0.4) is 0 Å². The van der Waals surface area contributed by atoms with E-state index in [1.807, 2.05) is 9.13 Å². The molecule has 12 rings (SSSR count). The molecule has 2 fully saturated rings. The number of fused-ring (bicyclic) bond motifs is 4. The van der Waals surface area contributed by atoms with Crippen molar-refractivity contribution in [3.63, 3.8) is 0 Å². The Hall–Kier alpha value is -8.20. The summed E-state index contributed by atoms with van der Waals surface area (Å²) >= 11 is 0. The Morgan fingerprint density at radius 2 is 1.12 bits per heavy atom. The fraction of sp³-hybridized carbons (Fsp3) is 0.345. The lowest BCUT2D eigenvalue weighted by Crippen LogP contribution is -2.31. The van der Waals surface area contributed by atoms with E-state index in [4.69, 9.17) is 24.2 Å². The lowest BCUT2D eigenvalue weighted by Gasteiger charge is -2.35. The second-order valence-electron chi connectivity index (χ2n) is 21.3. The topological polar surface area (TPSA) is 265 Å². The highest BCUT2D eigenvalue weighted by atomic mass is 32.2. The average molecular weight is 1200 g/mol. The molecule has 0 radical (unpaired) electrons. The van der Waals surface area contributed by atoms with Crippen LogP contribution in [0, 0.1) is 5.92 Å². The standard InChI is InChI=1S/C58H54F4N8O12S2/c1-2-83(75,76)39-14-16-41(63-26-39)45(30-71)67-56(74)35-13-19-48-44(25-35)66-54(70(48)29-37-9-5-11-50-52(37)82-58(61,62)80-50)38-22-32(23-38)20-21-84(77,78)40-15-17-42(64-27-40)46(31-72)68-55(73)34-12-18-47-43(24-34)65-53(33-6-3-7-33)69(47)28-36-8-4-10-49-51(36)81-57(59,60)79-49/h4-5,8-19,24-27,32-33,38,45-46,71-72H,2-3,6-7,20-23,28-31H2,1H3,(H,67,74)(H,68,73)/t32?,38?,45-,46+/m1/s1. The Balaban J connectivity index is 0.708. The Morgan fingerprint density at radius 1 is 0.643 bits per heavy atom. The summed E-state index contributed by atoms with van der Waals surface area (Å²) in [6.45, 7) is 0.574. The molecule has 4 aliphatic rings. The van der Waals surface area contributed by atoms with Crippen LogP contribution in [0.4, 0.5) is 17.6 Å². The SMILES string of the molecule is CCS(=O)(=O)c1ccc([C@@H](CO)NC(=O)c2ccc3c(c2)nc(C2CC(CCS(=O)(=O)c4ccc([C@H](CO)NC(=O)c5ccc6c(c5)nc(C5CCC5)n6Cc5cccc6c5OC(F)(F)O6)nc4)C2)n3Cc2cccc3c2OC(F)(F)O3)nc1. The zero-order valence-electron chi connectivity index (χ0n) is 44.8. The van der Waals surface area contributed by atoms with Crippen LogP contribution < -0.4 is 29.6 Å². The predicted octanol–water partition coefficient (Wildman–Crippen LogP) is 8.26. The van der Waals surface area contributed by atoms with Crippen LogP contribution in [0.2, 0.25) is 0 Å². The quantitative estimate of drug-likeness (QED) is 0.0523. The van der Waals surface area contributed by atoms with Crippen LogP contribution in [-0.4, -0.2) is 105 Å². The average Bonchev–Trinajstić information content (AvgIpc) is 3.48. The summed E-state index contributed by atoms with van der Waals surface area (Å²) in [5.41, 5.74) is 3.80. The third-order valence-electron chi connectivity index (χ3n) is 15.9. The number of benzene rings is 4. The monoisotopic (exact) mass is 1190 g/mol. The Bertz CT molecular complexity index is 4120. The van der Waals surface area contributed by atoms with Crippen molar-refractivity contribution in [1.82, 2.24) is 39.7 Å². The van der Waals surface area contributed by atoms with Gasteiger partial charge < -0.3 is 48.9 Å². The molecule has 0 saturated heterocycles. The number of para-hydroxylation sites is 2. The lowest BCUT2D eigenvalue weighted by molar-refractivity contribution is -0.287. The number of nitrogens with one attached hydrogen (secondary N) is 2. The molecular weight excluding hydrogens is 1140 g/mol.